The van der Waals surface area contributed by atoms with Gasteiger partial charge in [0.15, 0.2) is 0 Å². The van der Waals surface area contributed by atoms with E-state index in [2.05, 4.69) is 5.32 Å². The summed E-state index contributed by atoms with van der Waals surface area (Å²) in [6.07, 6.45) is 1.69. The standard InChI is InChI=1S/C17H14N2O3S2/c1-11-7-8-13(23-11)9-14-16(21)19(17(22)24-14)10-15(20)18-12-5-3-2-4-6-12/h2-9H,10H2,1H3,(H,18,20)/b14-9-. The van der Waals surface area contributed by atoms with Crippen LogP contribution in [0.4, 0.5) is 10.5 Å². The van der Waals surface area contributed by atoms with Gasteiger partial charge in [-0.2, -0.15) is 0 Å². The minimum atomic E-state index is -0.431. The van der Waals surface area contributed by atoms with Crippen LogP contribution < -0.4 is 5.32 Å². The van der Waals surface area contributed by atoms with Crippen LogP contribution in [0.1, 0.15) is 9.75 Å². The van der Waals surface area contributed by atoms with Crippen LogP contribution in [0, 0.1) is 6.92 Å². The second-order valence-corrected chi connectivity index (χ2v) is 7.44. The predicted octanol–water partition coefficient (Wildman–Crippen LogP) is 3.73. The molecule has 1 fully saturated rings. The number of amides is 3. The number of nitrogens with zero attached hydrogens (tertiary/aromatic N) is 1. The van der Waals surface area contributed by atoms with Crippen LogP contribution in [0.2, 0.25) is 0 Å². The molecule has 0 saturated carbocycles. The fraction of sp³-hybridized carbons (Fsp3) is 0.118. The number of carbonyl (C=O) groups excluding carboxylic acids is 3. The molecular formula is C17H14N2O3S2. The summed E-state index contributed by atoms with van der Waals surface area (Å²) in [6.45, 7) is 1.68. The van der Waals surface area contributed by atoms with Gasteiger partial charge in [-0.15, -0.1) is 11.3 Å². The average molecular weight is 358 g/mol. The lowest BCUT2D eigenvalue weighted by molar-refractivity contribution is -0.127. The molecule has 1 aliphatic heterocycles. The van der Waals surface area contributed by atoms with Crippen LogP contribution in [-0.4, -0.2) is 28.5 Å². The molecule has 1 aromatic heterocycles. The third-order valence-corrected chi connectivity index (χ3v) is 5.12. The Morgan fingerprint density at radius 2 is 1.92 bits per heavy atom. The Morgan fingerprint density at radius 1 is 1.17 bits per heavy atom. The molecule has 1 aromatic carbocycles. The van der Waals surface area contributed by atoms with Crippen molar-refractivity contribution in [3.8, 4) is 0 Å². The Kier molecular flexibility index (Phi) is 4.82. The van der Waals surface area contributed by atoms with E-state index in [1.807, 2.05) is 25.1 Å². The van der Waals surface area contributed by atoms with E-state index in [1.165, 1.54) is 0 Å². The number of carbonyl (C=O) groups is 3. The maximum absolute atomic E-state index is 12.4. The van der Waals surface area contributed by atoms with Crippen LogP contribution in [0.5, 0.6) is 0 Å². The zero-order chi connectivity index (χ0) is 17.1. The fourth-order valence-corrected chi connectivity index (χ4v) is 3.89. The van der Waals surface area contributed by atoms with Gasteiger partial charge in [-0.1, -0.05) is 18.2 Å². The van der Waals surface area contributed by atoms with Gasteiger partial charge in [0.25, 0.3) is 11.1 Å². The molecule has 3 rings (SSSR count). The van der Waals surface area contributed by atoms with Gasteiger partial charge in [-0.3, -0.25) is 19.3 Å². The Labute approximate surface area is 147 Å². The first-order valence-electron chi connectivity index (χ1n) is 7.19. The molecular weight excluding hydrogens is 344 g/mol. The molecule has 1 N–H and O–H groups in total. The highest BCUT2D eigenvalue weighted by molar-refractivity contribution is 8.18. The molecule has 0 spiro atoms. The maximum atomic E-state index is 12.4. The van der Waals surface area contributed by atoms with E-state index in [-0.39, 0.29) is 6.54 Å². The molecule has 0 bridgehead atoms. The fourth-order valence-electron chi connectivity index (χ4n) is 2.16. The van der Waals surface area contributed by atoms with E-state index < -0.39 is 17.1 Å². The molecule has 1 saturated heterocycles. The van der Waals surface area contributed by atoms with E-state index in [1.54, 1.807) is 41.7 Å². The van der Waals surface area contributed by atoms with Crippen LogP contribution in [-0.2, 0) is 9.59 Å². The molecule has 1 aliphatic rings. The van der Waals surface area contributed by atoms with Gasteiger partial charge in [-0.25, -0.2) is 0 Å². The van der Waals surface area contributed by atoms with Crippen molar-refractivity contribution < 1.29 is 14.4 Å². The van der Waals surface area contributed by atoms with Crippen molar-refractivity contribution in [3.05, 3.63) is 57.1 Å². The minimum Gasteiger partial charge on any atom is -0.325 e. The van der Waals surface area contributed by atoms with Gasteiger partial charge >= 0.3 is 0 Å². The first-order chi connectivity index (χ1) is 11.5. The molecule has 7 heteroatoms. The van der Waals surface area contributed by atoms with E-state index >= 15 is 0 Å². The zero-order valence-corrected chi connectivity index (χ0v) is 14.4. The molecule has 5 nitrogen and oxygen atoms in total. The molecule has 2 heterocycles. The highest BCUT2D eigenvalue weighted by atomic mass is 32.2. The quantitative estimate of drug-likeness (QED) is 0.846. The van der Waals surface area contributed by atoms with Crippen LogP contribution in [0.3, 0.4) is 0 Å². The Hall–Kier alpha value is -2.38. The maximum Gasteiger partial charge on any atom is 0.294 e. The van der Waals surface area contributed by atoms with Gasteiger partial charge in [0.1, 0.15) is 6.54 Å². The summed E-state index contributed by atoms with van der Waals surface area (Å²) in [5.41, 5.74) is 0.624. The summed E-state index contributed by atoms with van der Waals surface area (Å²) in [5, 5.41) is 2.24. The van der Waals surface area contributed by atoms with Gasteiger partial charge in [0.05, 0.1) is 4.91 Å². The van der Waals surface area contributed by atoms with E-state index in [9.17, 15) is 14.4 Å². The lowest BCUT2D eigenvalue weighted by Gasteiger charge is -2.12. The first kappa shape index (κ1) is 16.5. The van der Waals surface area contributed by atoms with Crippen LogP contribution in [0.25, 0.3) is 6.08 Å². The van der Waals surface area contributed by atoms with Crippen LogP contribution >= 0.6 is 23.1 Å². The Bertz CT molecular complexity index is 827. The largest absolute Gasteiger partial charge is 0.325 e. The van der Waals surface area contributed by atoms with Crippen molar-refractivity contribution in [2.24, 2.45) is 0 Å². The normalized spacial score (nSPS) is 16.0. The Morgan fingerprint density at radius 3 is 2.58 bits per heavy atom. The summed E-state index contributed by atoms with van der Waals surface area (Å²) >= 11 is 2.40. The molecule has 0 unspecified atom stereocenters. The lowest BCUT2D eigenvalue weighted by atomic mass is 10.3. The van der Waals surface area contributed by atoms with E-state index in [0.29, 0.717) is 10.6 Å². The number of thiophene rings is 1. The van der Waals surface area contributed by atoms with Gasteiger partial charge in [0.2, 0.25) is 5.91 Å². The number of rotatable bonds is 4. The van der Waals surface area contributed by atoms with Crippen molar-refractivity contribution in [3.63, 3.8) is 0 Å². The molecule has 24 heavy (non-hydrogen) atoms. The highest BCUT2D eigenvalue weighted by Crippen LogP contribution is 2.33. The van der Waals surface area contributed by atoms with Crippen molar-refractivity contribution >= 4 is 51.9 Å². The van der Waals surface area contributed by atoms with Crippen molar-refractivity contribution in [1.82, 2.24) is 4.90 Å². The topological polar surface area (TPSA) is 66.5 Å². The molecule has 3 amide bonds. The summed E-state index contributed by atoms with van der Waals surface area (Å²) in [7, 11) is 0. The number of para-hydroxylation sites is 1. The molecule has 0 atom stereocenters. The second kappa shape index (κ2) is 7.02. The Balaban J connectivity index is 1.68. The third-order valence-electron chi connectivity index (χ3n) is 3.27. The SMILES string of the molecule is Cc1ccc(/C=C2\SC(=O)N(CC(=O)Nc3ccccc3)C2=O)s1. The summed E-state index contributed by atoms with van der Waals surface area (Å²) < 4.78 is 0. The van der Waals surface area contributed by atoms with Gasteiger partial charge < -0.3 is 5.32 Å². The van der Waals surface area contributed by atoms with Gasteiger partial charge in [-0.05, 0) is 49.0 Å². The number of imide groups is 1. The molecule has 0 aliphatic carbocycles. The van der Waals surface area contributed by atoms with E-state index in [0.717, 1.165) is 26.4 Å². The average Bonchev–Trinajstić information content (AvgIpc) is 3.07. The lowest BCUT2D eigenvalue weighted by Crippen LogP contribution is -2.36. The number of benzene rings is 1. The van der Waals surface area contributed by atoms with Crippen molar-refractivity contribution in [2.45, 2.75) is 6.92 Å². The predicted molar refractivity (Wildman–Crippen MR) is 96.8 cm³/mol. The summed E-state index contributed by atoms with van der Waals surface area (Å²) in [4.78, 5) is 39.8. The monoisotopic (exact) mass is 358 g/mol. The molecule has 0 radical (unpaired) electrons. The highest BCUT2D eigenvalue weighted by Gasteiger charge is 2.36. The van der Waals surface area contributed by atoms with E-state index in [4.69, 9.17) is 0 Å². The number of aryl methyl sites for hydroxylation is 1. The summed E-state index contributed by atoms with van der Waals surface area (Å²) in [5.74, 6) is -0.837. The number of hydrogen-bond donors (Lipinski definition) is 1. The zero-order valence-electron chi connectivity index (χ0n) is 12.8. The first-order valence-corrected chi connectivity index (χ1v) is 8.83. The number of thioether (sulfide) groups is 1. The number of nitrogens with one attached hydrogen (secondary N) is 1. The third kappa shape index (κ3) is 3.74. The number of anilines is 1. The minimum absolute atomic E-state index is 0.291. The second-order valence-electron chi connectivity index (χ2n) is 5.13. The van der Waals surface area contributed by atoms with Gasteiger partial charge in [0, 0.05) is 15.4 Å². The van der Waals surface area contributed by atoms with Crippen molar-refractivity contribution in [1.29, 1.82) is 0 Å². The number of hydrogen-bond acceptors (Lipinski definition) is 5. The van der Waals surface area contributed by atoms with Crippen LogP contribution in [0.15, 0.2) is 47.4 Å². The molecule has 2 aromatic rings. The summed E-state index contributed by atoms with van der Waals surface area (Å²) in [6, 6.07) is 12.8. The van der Waals surface area contributed by atoms with Crippen molar-refractivity contribution in [2.75, 3.05) is 11.9 Å². The molecule has 122 valence electrons. The smallest absolute Gasteiger partial charge is 0.294 e.